The van der Waals surface area contributed by atoms with Crippen molar-refractivity contribution in [2.45, 2.75) is 45.1 Å². The highest BCUT2D eigenvalue weighted by Gasteiger charge is 2.35. The second-order valence-electron chi connectivity index (χ2n) is 5.44. The first-order valence-electron chi connectivity index (χ1n) is 6.87. The lowest BCUT2D eigenvalue weighted by atomic mass is 9.74. The van der Waals surface area contributed by atoms with Crippen LogP contribution in [0.2, 0.25) is 0 Å². The van der Waals surface area contributed by atoms with Crippen LogP contribution in [0.3, 0.4) is 0 Å². The van der Waals surface area contributed by atoms with Crippen LogP contribution in [0.25, 0.3) is 10.9 Å². The van der Waals surface area contributed by atoms with Gasteiger partial charge in [-0.05, 0) is 44.7 Å². The van der Waals surface area contributed by atoms with Crippen molar-refractivity contribution in [2.24, 2.45) is 0 Å². The number of rotatable bonds is 3. The minimum Gasteiger partial charge on any atom is -0.379 e. The number of nitrogens with zero attached hydrogens (tertiary/aromatic N) is 1. The molecule has 0 unspecified atom stereocenters. The molecule has 1 fully saturated rings. The van der Waals surface area contributed by atoms with E-state index in [9.17, 15) is 0 Å². The Labute approximate surface area is 108 Å². The zero-order valence-electron chi connectivity index (χ0n) is 11.2. The van der Waals surface area contributed by atoms with Crippen LogP contribution in [0.4, 0.5) is 5.69 Å². The van der Waals surface area contributed by atoms with E-state index >= 15 is 0 Å². The van der Waals surface area contributed by atoms with Crippen molar-refractivity contribution in [2.75, 3.05) is 5.32 Å². The smallest absolute Gasteiger partial charge is 0.0725 e. The molecule has 2 aromatic rings. The van der Waals surface area contributed by atoms with Gasteiger partial charge < -0.3 is 5.32 Å². The molecule has 94 valence electrons. The van der Waals surface area contributed by atoms with Crippen LogP contribution in [0.15, 0.2) is 30.3 Å². The molecule has 1 aliphatic carbocycles. The molecule has 0 radical (unpaired) electrons. The van der Waals surface area contributed by atoms with Gasteiger partial charge in [-0.15, -0.1) is 0 Å². The van der Waals surface area contributed by atoms with E-state index in [0.29, 0.717) is 5.54 Å². The molecule has 18 heavy (non-hydrogen) atoms. The van der Waals surface area contributed by atoms with Crippen LogP contribution in [-0.2, 0) is 0 Å². The van der Waals surface area contributed by atoms with E-state index in [1.807, 2.05) is 0 Å². The fourth-order valence-electron chi connectivity index (χ4n) is 2.87. The molecule has 1 N–H and O–H groups in total. The lowest BCUT2D eigenvalue weighted by Crippen LogP contribution is -2.44. The molecule has 1 saturated carbocycles. The normalized spacial score (nSPS) is 17.4. The molecule has 0 spiro atoms. The summed E-state index contributed by atoms with van der Waals surface area (Å²) in [5.41, 5.74) is 3.75. The number of aryl methyl sites for hydroxylation is 1. The Hall–Kier alpha value is -1.57. The highest BCUT2D eigenvalue weighted by Crippen LogP contribution is 2.39. The molecule has 0 bridgehead atoms. The molecule has 1 aromatic carbocycles. The van der Waals surface area contributed by atoms with E-state index in [4.69, 9.17) is 0 Å². The molecule has 0 amide bonds. The lowest BCUT2D eigenvalue weighted by Gasteiger charge is -2.43. The largest absolute Gasteiger partial charge is 0.379 e. The van der Waals surface area contributed by atoms with Crippen molar-refractivity contribution < 1.29 is 0 Å². The molecular formula is C16H20N2. The summed E-state index contributed by atoms with van der Waals surface area (Å²) < 4.78 is 0. The number of hydrogen-bond donors (Lipinski definition) is 1. The summed E-state index contributed by atoms with van der Waals surface area (Å²) in [6, 6.07) is 10.6. The van der Waals surface area contributed by atoms with Gasteiger partial charge in [-0.25, -0.2) is 0 Å². The molecule has 0 atom stereocenters. The number of para-hydroxylation sites is 1. The van der Waals surface area contributed by atoms with Crippen molar-refractivity contribution in [3.8, 4) is 0 Å². The highest BCUT2D eigenvalue weighted by molar-refractivity contribution is 5.91. The van der Waals surface area contributed by atoms with Gasteiger partial charge in [0.25, 0.3) is 0 Å². The van der Waals surface area contributed by atoms with Gasteiger partial charge in [-0.1, -0.05) is 25.1 Å². The number of aromatic nitrogens is 1. The van der Waals surface area contributed by atoms with Gasteiger partial charge in [0, 0.05) is 22.3 Å². The third-order valence-corrected chi connectivity index (χ3v) is 4.23. The maximum Gasteiger partial charge on any atom is 0.0725 e. The second-order valence-corrected chi connectivity index (χ2v) is 5.44. The molecular weight excluding hydrogens is 220 g/mol. The number of benzene rings is 1. The maximum absolute atomic E-state index is 4.60. The standard InChI is InChI=1S/C16H20N2/c1-3-16(9-6-10-16)18-15-11-12(2)17-14-8-5-4-7-13(14)15/h4-5,7-8,11H,3,6,9-10H2,1-2H3,(H,17,18). The number of anilines is 1. The van der Waals surface area contributed by atoms with Gasteiger partial charge in [0.15, 0.2) is 0 Å². The fourth-order valence-corrected chi connectivity index (χ4v) is 2.87. The highest BCUT2D eigenvalue weighted by atomic mass is 15.0. The summed E-state index contributed by atoms with van der Waals surface area (Å²) in [5.74, 6) is 0. The number of pyridine rings is 1. The lowest BCUT2D eigenvalue weighted by molar-refractivity contribution is 0.270. The van der Waals surface area contributed by atoms with E-state index in [1.165, 1.54) is 36.8 Å². The maximum atomic E-state index is 4.60. The molecule has 1 aliphatic rings. The third kappa shape index (κ3) is 1.86. The van der Waals surface area contributed by atoms with Gasteiger partial charge in [0.1, 0.15) is 0 Å². The van der Waals surface area contributed by atoms with Crippen LogP contribution in [0, 0.1) is 6.92 Å². The summed E-state index contributed by atoms with van der Waals surface area (Å²) >= 11 is 0. The fraction of sp³-hybridized carbons (Fsp3) is 0.438. The van der Waals surface area contributed by atoms with Crippen LogP contribution in [0.5, 0.6) is 0 Å². The van der Waals surface area contributed by atoms with Crippen molar-refractivity contribution in [1.82, 2.24) is 4.98 Å². The van der Waals surface area contributed by atoms with Crippen molar-refractivity contribution in [3.63, 3.8) is 0 Å². The van der Waals surface area contributed by atoms with Crippen molar-refractivity contribution >= 4 is 16.6 Å². The Morgan fingerprint density at radius 1 is 1.28 bits per heavy atom. The van der Waals surface area contributed by atoms with E-state index in [1.54, 1.807) is 0 Å². The third-order valence-electron chi connectivity index (χ3n) is 4.23. The topological polar surface area (TPSA) is 24.9 Å². The average molecular weight is 240 g/mol. The van der Waals surface area contributed by atoms with E-state index in [0.717, 1.165) is 11.2 Å². The summed E-state index contributed by atoms with van der Waals surface area (Å²) in [7, 11) is 0. The SMILES string of the molecule is CCC1(Nc2cc(C)nc3ccccc23)CCC1. The first-order chi connectivity index (χ1) is 8.72. The molecule has 3 rings (SSSR count). The predicted octanol–water partition coefficient (Wildman–Crippen LogP) is 4.29. The van der Waals surface area contributed by atoms with Crippen molar-refractivity contribution in [3.05, 3.63) is 36.0 Å². The Balaban J connectivity index is 2.05. The zero-order chi connectivity index (χ0) is 12.6. The molecule has 0 saturated heterocycles. The summed E-state index contributed by atoms with van der Waals surface area (Å²) in [6.07, 6.45) is 5.13. The Morgan fingerprint density at radius 3 is 2.72 bits per heavy atom. The monoisotopic (exact) mass is 240 g/mol. The van der Waals surface area contributed by atoms with Crippen LogP contribution < -0.4 is 5.32 Å². The first kappa shape index (κ1) is 11.5. The van der Waals surface area contributed by atoms with Crippen LogP contribution in [0.1, 0.15) is 38.3 Å². The van der Waals surface area contributed by atoms with Crippen LogP contribution >= 0.6 is 0 Å². The predicted molar refractivity (Wildman–Crippen MR) is 77.0 cm³/mol. The van der Waals surface area contributed by atoms with Gasteiger partial charge in [-0.3, -0.25) is 4.98 Å². The number of hydrogen-bond acceptors (Lipinski definition) is 2. The number of nitrogens with one attached hydrogen (secondary N) is 1. The molecule has 0 aliphatic heterocycles. The van der Waals surface area contributed by atoms with Crippen molar-refractivity contribution in [1.29, 1.82) is 0 Å². The van der Waals surface area contributed by atoms with E-state index < -0.39 is 0 Å². The minimum absolute atomic E-state index is 0.330. The summed E-state index contributed by atoms with van der Waals surface area (Å²) in [6.45, 7) is 4.35. The zero-order valence-corrected chi connectivity index (χ0v) is 11.2. The Morgan fingerprint density at radius 2 is 2.06 bits per heavy atom. The molecule has 1 aromatic heterocycles. The molecule has 2 nitrogen and oxygen atoms in total. The molecule has 1 heterocycles. The quantitative estimate of drug-likeness (QED) is 0.865. The Kier molecular flexibility index (Phi) is 2.73. The Bertz CT molecular complexity index is 565. The number of fused-ring (bicyclic) bond motifs is 1. The van der Waals surface area contributed by atoms with E-state index in [2.05, 4.69) is 54.5 Å². The summed E-state index contributed by atoms with van der Waals surface area (Å²) in [5, 5.41) is 5.02. The van der Waals surface area contributed by atoms with Gasteiger partial charge >= 0.3 is 0 Å². The van der Waals surface area contributed by atoms with Gasteiger partial charge in [-0.2, -0.15) is 0 Å². The first-order valence-corrected chi connectivity index (χ1v) is 6.87. The van der Waals surface area contributed by atoms with Gasteiger partial charge in [0.05, 0.1) is 5.52 Å². The minimum atomic E-state index is 0.330. The van der Waals surface area contributed by atoms with Crippen LogP contribution in [-0.4, -0.2) is 10.5 Å². The molecule has 2 heteroatoms. The summed E-state index contributed by atoms with van der Waals surface area (Å²) in [4.78, 5) is 4.60. The second kappa shape index (κ2) is 4.27. The van der Waals surface area contributed by atoms with Gasteiger partial charge in [0.2, 0.25) is 0 Å². The van der Waals surface area contributed by atoms with E-state index in [-0.39, 0.29) is 0 Å². The average Bonchev–Trinajstić information content (AvgIpc) is 2.33.